The number of amides is 2. The molecule has 1 aliphatic rings. The minimum atomic E-state index is -1.28. The highest BCUT2D eigenvalue weighted by atomic mass is 19.1. The van der Waals surface area contributed by atoms with Crippen molar-refractivity contribution in [2.24, 2.45) is 5.41 Å². The van der Waals surface area contributed by atoms with E-state index in [0.717, 1.165) is 6.07 Å². The first-order valence-corrected chi connectivity index (χ1v) is 11.3. The van der Waals surface area contributed by atoms with E-state index in [9.17, 15) is 23.5 Å². The molecule has 37 heavy (non-hydrogen) atoms. The molecular formula is C27H21F2N3O5. The fourth-order valence-electron chi connectivity index (χ4n) is 3.89. The first-order chi connectivity index (χ1) is 17.8. The standard InChI is InChI=1S/C27H21F2N3O5/c1-36-24-13-18-20(14-21(24)33)30-11-8-22(18)37-23-7-6-17(12-19(23)29)32-26(35)27(9-10-27)25(34)31-16-4-2-15(28)3-5-16/h2-8,11-14,33H,9-10H2,1H3,(H,31,34)(H,32,35). The van der Waals surface area contributed by atoms with E-state index in [-0.39, 0.29) is 28.7 Å². The van der Waals surface area contributed by atoms with Crippen LogP contribution in [0.4, 0.5) is 20.2 Å². The Hall–Kier alpha value is -4.73. The number of aromatic nitrogens is 1. The Balaban J connectivity index is 1.30. The van der Waals surface area contributed by atoms with Gasteiger partial charge in [-0.2, -0.15) is 0 Å². The van der Waals surface area contributed by atoms with E-state index in [2.05, 4.69) is 15.6 Å². The van der Waals surface area contributed by atoms with Gasteiger partial charge in [-0.1, -0.05) is 0 Å². The van der Waals surface area contributed by atoms with Crippen LogP contribution in [0.5, 0.6) is 23.0 Å². The number of hydrogen-bond donors (Lipinski definition) is 3. The molecule has 3 N–H and O–H groups in total. The lowest BCUT2D eigenvalue weighted by Crippen LogP contribution is -2.35. The molecule has 1 fully saturated rings. The zero-order valence-electron chi connectivity index (χ0n) is 19.5. The van der Waals surface area contributed by atoms with Crippen molar-refractivity contribution in [3.8, 4) is 23.0 Å². The predicted molar refractivity (Wildman–Crippen MR) is 132 cm³/mol. The van der Waals surface area contributed by atoms with Gasteiger partial charge in [0.05, 0.1) is 12.6 Å². The summed E-state index contributed by atoms with van der Waals surface area (Å²) in [6.45, 7) is 0. The minimum absolute atomic E-state index is 0.0919. The monoisotopic (exact) mass is 505 g/mol. The number of pyridine rings is 1. The number of phenolic OH excluding ortho intramolecular Hbond substituents is 1. The van der Waals surface area contributed by atoms with Crippen LogP contribution in [0.15, 0.2) is 66.9 Å². The largest absolute Gasteiger partial charge is 0.504 e. The van der Waals surface area contributed by atoms with Crippen molar-refractivity contribution in [3.63, 3.8) is 0 Å². The number of carbonyl (C=O) groups is 2. The van der Waals surface area contributed by atoms with Gasteiger partial charge >= 0.3 is 0 Å². The van der Waals surface area contributed by atoms with Gasteiger partial charge in [0.1, 0.15) is 17.0 Å². The van der Waals surface area contributed by atoms with E-state index in [1.54, 1.807) is 6.07 Å². The molecule has 0 atom stereocenters. The molecule has 2 amide bonds. The van der Waals surface area contributed by atoms with Gasteiger partial charge in [-0.25, -0.2) is 8.78 Å². The van der Waals surface area contributed by atoms with Crippen molar-refractivity contribution >= 4 is 34.1 Å². The molecule has 1 heterocycles. The molecule has 188 valence electrons. The van der Waals surface area contributed by atoms with Crippen molar-refractivity contribution in [2.45, 2.75) is 12.8 Å². The number of carbonyl (C=O) groups excluding carboxylic acids is 2. The summed E-state index contributed by atoms with van der Waals surface area (Å²) < 4.78 is 38.9. The molecule has 0 saturated heterocycles. The topological polar surface area (TPSA) is 110 Å². The number of aromatic hydroxyl groups is 1. The minimum Gasteiger partial charge on any atom is -0.504 e. The molecule has 8 nitrogen and oxygen atoms in total. The molecule has 1 aliphatic carbocycles. The third kappa shape index (κ3) is 4.73. The molecule has 10 heteroatoms. The second-order valence-corrected chi connectivity index (χ2v) is 8.59. The zero-order chi connectivity index (χ0) is 26.2. The van der Waals surface area contributed by atoms with Gasteiger partial charge in [0.2, 0.25) is 11.8 Å². The predicted octanol–water partition coefficient (Wildman–Crippen LogP) is 5.38. The number of methoxy groups -OCH3 is 1. The number of benzene rings is 3. The van der Waals surface area contributed by atoms with Crippen LogP contribution in [0.25, 0.3) is 10.9 Å². The summed E-state index contributed by atoms with van der Waals surface area (Å²) in [6, 6.07) is 13.6. The number of anilines is 2. The zero-order valence-corrected chi connectivity index (χ0v) is 19.5. The van der Waals surface area contributed by atoms with Gasteiger partial charge in [0, 0.05) is 35.1 Å². The molecule has 5 rings (SSSR count). The number of phenols is 1. The molecule has 0 bridgehead atoms. The average Bonchev–Trinajstić information content (AvgIpc) is 3.69. The van der Waals surface area contributed by atoms with Crippen LogP contribution < -0.4 is 20.1 Å². The SMILES string of the molecule is COc1cc2c(Oc3ccc(NC(=O)C4(C(=O)Nc5ccc(F)cc5)CC4)cc3F)ccnc2cc1O. The van der Waals surface area contributed by atoms with Crippen LogP contribution in [0, 0.1) is 17.0 Å². The van der Waals surface area contributed by atoms with Crippen molar-refractivity contribution in [1.82, 2.24) is 4.98 Å². The number of fused-ring (bicyclic) bond motifs is 1. The Labute approximate surface area is 209 Å². The lowest BCUT2D eigenvalue weighted by Gasteiger charge is -2.16. The molecular weight excluding hydrogens is 484 g/mol. The second kappa shape index (κ2) is 9.38. The molecule has 1 aromatic heterocycles. The van der Waals surface area contributed by atoms with Crippen molar-refractivity contribution in [1.29, 1.82) is 0 Å². The van der Waals surface area contributed by atoms with Crippen molar-refractivity contribution in [2.75, 3.05) is 17.7 Å². The molecule has 0 spiro atoms. The van der Waals surface area contributed by atoms with E-state index >= 15 is 0 Å². The second-order valence-electron chi connectivity index (χ2n) is 8.59. The van der Waals surface area contributed by atoms with Crippen molar-refractivity contribution in [3.05, 3.63) is 78.5 Å². The van der Waals surface area contributed by atoms with Crippen LogP contribution in [-0.2, 0) is 9.59 Å². The lowest BCUT2D eigenvalue weighted by molar-refractivity contribution is -0.131. The third-order valence-corrected chi connectivity index (χ3v) is 6.13. The summed E-state index contributed by atoms with van der Waals surface area (Å²) in [6.07, 6.45) is 2.13. The van der Waals surface area contributed by atoms with Crippen LogP contribution in [0.2, 0.25) is 0 Å². The van der Waals surface area contributed by atoms with Gasteiger partial charge in [0.15, 0.2) is 23.1 Å². The highest BCUT2D eigenvalue weighted by Gasteiger charge is 2.56. The average molecular weight is 505 g/mol. The molecule has 4 aromatic rings. The van der Waals surface area contributed by atoms with Gasteiger partial charge in [-0.15, -0.1) is 0 Å². The summed E-state index contributed by atoms with van der Waals surface area (Å²) in [4.78, 5) is 29.8. The smallest absolute Gasteiger partial charge is 0.240 e. The number of nitrogens with one attached hydrogen (secondary N) is 2. The summed E-state index contributed by atoms with van der Waals surface area (Å²) in [5.41, 5.74) is -0.328. The normalized spacial score (nSPS) is 13.6. The fourth-order valence-corrected chi connectivity index (χ4v) is 3.89. The van der Waals surface area contributed by atoms with Gasteiger partial charge in [-0.3, -0.25) is 14.6 Å². The van der Waals surface area contributed by atoms with E-state index in [1.807, 2.05) is 0 Å². The lowest BCUT2D eigenvalue weighted by atomic mass is 10.0. The van der Waals surface area contributed by atoms with Gasteiger partial charge < -0.3 is 25.2 Å². The number of rotatable bonds is 7. The van der Waals surface area contributed by atoms with Gasteiger partial charge in [0.25, 0.3) is 0 Å². The molecule has 0 unspecified atom stereocenters. The van der Waals surface area contributed by atoms with Crippen LogP contribution in [0.3, 0.4) is 0 Å². The molecule has 0 radical (unpaired) electrons. The van der Waals surface area contributed by atoms with Crippen molar-refractivity contribution < 1.29 is 33.0 Å². The Bertz CT molecular complexity index is 1520. The van der Waals surface area contributed by atoms with E-state index in [0.29, 0.717) is 29.4 Å². The van der Waals surface area contributed by atoms with Crippen LogP contribution in [0.1, 0.15) is 12.8 Å². The summed E-state index contributed by atoms with van der Waals surface area (Å²) in [7, 11) is 1.41. The first kappa shape index (κ1) is 24.0. The highest BCUT2D eigenvalue weighted by Crippen LogP contribution is 2.47. The number of hydrogen-bond acceptors (Lipinski definition) is 6. The maximum atomic E-state index is 14.9. The number of ether oxygens (including phenoxy) is 2. The third-order valence-electron chi connectivity index (χ3n) is 6.13. The fraction of sp³-hybridized carbons (Fsp3) is 0.148. The quantitative estimate of drug-likeness (QED) is 0.291. The van der Waals surface area contributed by atoms with E-state index in [1.165, 1.54) is 61.8 Å². The Morgan fingerprint density at radius 3 is 2.22 bits per heavy atom. The van der Waals surface area contributed by atoms with Gasteiger partial charge in [-0.05, 0) is 61.4 Å². The molecule has 1 saturated carbocycles. The Kier molecular flexibility index (Phi) is 6.08. The maximum Gasteiger partial charge on any atom is 0.240 e. The van der Waals surface area contributed by atoms with E-state index in [4.69, 9.17) is 9.47 Å². The molecule has 3 aromatic carbocycles. The maximum absolute atomic E-state index is 14.9. The Morgan fingerprint density at radius 1 is 0.892 bits per heavy atom. The summed E-state index contributed by atoms with van der Waals surface area (Å²) in [5.74, 6) is -1.96. The number of halogens is 2. The highest BCUT2D eigenvalue weighted by molar-refractivity contribution is 6.16. The summed E-state index contributed by atoms with van der Waals surface area (Å²) in [5, 5.41) is 15.7. The first-order valence-electron chi connectivity index (χ1n) is 11.3. The summed E-state index contributed by atoms with van der Waals surface area (Å²) >= 11 is 0. The van der Waals surface area contributed by atoms with E-state index < -0.39 is 28.9 Å². The Morgan fingerprint density at radius 2 is 1.57 bits per heavy atom. The number of nitrogens with zero attached hydrogens (tertiary/aromatic N) is 1. The molecule has 0 aliphatic heterocycles. The van der Waals surface area contributed by atoms with Crippen LogP contribution in [-0.4, -0.2) is 29.0 Å². The van der Waals surface area contributed by atoms with Crippen LogP contribution >= 0.6 is 0 Å².